The number of unbranched alkanes of at least 4 members (excludes halogenated alkanes) is 2. The average Bonchev–Trinajstić information content (AvgIpc) is 2.65. The van der Waals surface area contributed by atoms with Crippen LogP contribution in [-0.4, -0.2) is 6.17 Å². The number of rotatable bonds is 6. The molecule has 0 radical (unpaired) electrons. The molecule has 0 N–H and O–H groups in total. The van der Waals surface area contributed by atoms with E-state index in [1.165, 1.54) is 24.8 Å². The minimum atomic E-state index is -1.85. The molecule has 25 heavy (non-hydrogen) atoms. The minimum absolute atomic E-state index is 0.278. The second kappa shape index (κ2) is 8.12. The number of benzene rings is 2. The summed E-state index contributed by atoms with van der Waals surface area (Å²) < 4.78 is 30.0. The van der Waals surface area contributed by atoms with Gasteiger partial charge in [-0.1, -0.05) is 74.7 Å². The maximum absolute atomic E-state index is 15.6. The van der Waals surface area contributed by atoms with Gasteiger partial charge in [0.05, 0.1) is 0 Å². The van der Waals surface area contributed by atoms with Gasteiger partial charge in [-0.2, -0.15) is 0 Å². The molecule has 0 heterocycles. The van der Waals surface area contributed by atoms with Crippen LogP contribution in [0.15, 0.2) is 48.5 Å². The van der Waals surface area contributed by atoms with Crippen molar-refractivity contribution in [2.24, 2.45) is 0 Å². The van der Waals surface area contributed by atoms with E-state index in [0.717, 1.165) is 30.4 Å². The highest BCUT2D eigenvalue weighted by Gasteiger charge is 2.44. The number of hydrogen-bond donors (Lipinski definition) is 0. The zero-order chi connectivity index (χ0) is 17.7. The van der Waals surface area contributed by atoms with Crippen LogP contribution in [0.4, 0.5) is 8.78 Å². The third kappa shape index (κ3) is 3.94. The lowest BCUT2D eigenvalue weighted by molar-refractivity contribution is 0.00910. The first-order valence-electron chi connectivity index (χ1n) is 9.67. The molecule has 2 atom stereocenters. The van der Waals surface area contributed by atoms with Crippen molar-refractivity contribution in [1.82, 2.24) is 0 Å². The highest BCUT2D eigenvalue weighted by atomic mass is 19.2. The molecule has 3 rings (SSSR count). The van der Waals surface area contributed by atoms with Crippen molar-refractivity contribution in [3.8, 4) is 11.1 Å². The third-order valence-electron chi connectivity index (χ3n) is 5.45. The van der Waals surface area contributed by atoms with Crippen LogP contribution in [-0.2, 0) is 12.1 Å². The minimum Gasteiger partial charge on any atom is -0.244 e. The molecule has 134 valence electrons. The highest BCUT2D eigenvalue weighted by Crippen LogP contribution is 2.46. The van der Waals surface area contributed by atoms with E-state index in [1.807, 2.05) is 18.2 Å². The van der Waals surface area contributed by atoms with Crippen molar-refractivity contribution < 1.29 is 8.78 Å². The zero-order valence-corrected chi connectivity index (χ0v) is 15.1. The fraction of sp³-hybridized carbons (Fsp3) is 0.478. The van der Waals surface area contributed by atoms with Crippen molar-refractivity contribution in [1.29, 1.82) is 0 Å². The fourth-order valence-electron chi connectivity index (χ4n) is 3.92. The van der Waals surface area contributed by atoms with Crippen LogP contribution < -0.4 is 0 Å². The predicted molar refractivity (Wildman–Crippen MR) is 101 cm³/mol. The smallest absolute Gasteiger partial charge is 0.167 e. The predicted octanol–water partition coefficient (Wildman–Crippen LogP) is 7.16. The molecule has 2 aromatic carbocycles. The molecule has 0 aliphatic heterocycles. The molecule has 1 aliphatic carbocycles. The van der Waals surface area contributed by atoms with E-state index in [-0.39, 0.29) is 6.42 Å². The van der Waals surface area contributed by atoms with Crippen LogP contribution in [0.5, 0.6) is 0 Å². The molecular weight excluding hydrogens is 314 g/mol. The molecule has 0 amide bonds. The summed E-state index contributed by atoms with van der Waals surface area (Å²) in [6, 6.07) is 15.8. The van der Waals surface area contributed by atoms with Crippen molar-refractivity contribution in [3.63, 3.8) is 0 Å². The lowest BCUT2D eigenvalue weighted by Crippen LogP contribution is -2.35. The molecule has 0 nitrogen and oxygen atoms in total. The molecule has 1 fully saturated rings. The van der Waals surface area contributed by atoms with Gasteiger partial charge in [-0.05, 0) is 54.4 Å². The fourth-order valence-corrected chi connectivity index (χ4v) is 3.92. The molecule has 1 aliphatic rings. The number of alkyl halides is 2. The summed E-state index contributed by atoms with van der Waals surface area (Å²) in [6.07, 6.45) is 5.46. The molecule has 2 unspecified atom stereocenters. The van der Waals surface area contributed by atoms with Crippen LogP contribution >= 0.6 is 0 Å². The second-order valence-corrected chi connectivity index (χ2v) is 7.28. The Morgan fingerprint density at radius 3 is 2.48 bits per heavy atom. The Hall–Kier alpha value is -1.70. The lowest BCUT2D eigenvalue weighted by Gasteiger charge is -2.34. The van der Waals surface area contributed by atoms with Crippen LogP contribution in [0.1, 0.15) is 63.0 Å². The third-order valence-corrected chi connectivity index (χ3v) is 5.45. The largest absolute Gasteiger partial charge is 0.244 e. The zero-order valence-electron chi connectivity index (χ0n) is 15.1. The van der Waals surface area contributed by atoms with Gasteiger partial charge in [-0.15, -0.1) is 0 Å². The van der Waals surface area contributed by atoms with E-state index >= 15 is 4.39 Å². The first kappa shape index (κ1) is 18.1. The van der Waals surface area contributed by atoms with Crippen LogP contribution in [0.3, 0.4) is 0 Å². The van der Waals surface area contributed by atoms with Crippen molar-refractivity contribution >= 4 is 0 Å². The first-order valence-corrected chi connectivity index (χ1v) is 9.67. The molecule has 2 heteroatoms. The van der Waals surface area contributed by atoms with Gasteiger partial charge in [0.25, 0.3) is 0 Å². The number of aryl methyl sites for hydroxylation is 1. The summed E-state index contributed by atoms with van der Waals surface area (Å²) in [7, 11) is 0. The Labute approximate surface area is 150 Å². The number of hydrogen-bond acceptors (Lipinski definition) is 0. The highest BCUT2D eigenvalue weighted by molar-refractivity contribution is 5.69. The van der Waals surface area contributed by atoms with Crippen LogP contribution in [0.2, 0.25) is 0 Å². The first-order chi connectivity index (χ1) is 12.1. The SMILES string of the molecule is CCCCCc1ccc(-c2ccccc2C2(F)CCCCC2F)cc1. The van der Waals surface area contributed by atoms with E-state index < -0.39 is 11.8 Å². The summed E-state index contributed by atoms with van der Waals surface area (Å²) in [6.45, 7) is 2.20. The van der Waals surface area contributed by atoms with Gasteiger partial charge in [-0.25, -0.2) is 8.78 Å². The molecule has 1 saturated carbocycles. The average molecular weight is 342 g/mol. The van der Waals surface area contributed by atoms with Gasteiger partial charge in [0, 0.05) is 0 Å². The topological polar surface area (TPSA) is 0 Å². The summed E-state index contributed by atoms with van der Waals surface area (Å²) in [5, 5.41) is 0. The van der Waals surface area contributed by atoms with Gasteiger partial charge in [0.1, 0.15) is 6.17 Å². The monoisotopic (exact) mass is 342 g/mol. The molecule has 0 bridgehead atoms. The molecular formula is C23H28F2. The normalized spacial score (nSPS) is 23.6. The maximum atomic E-state index is 15.6. The van der Waals surface area contributed by atoms with Crippen molar-refractivity contribution in [2.45, 2.75) is 70.1 Å². The van der Waals surface area contributed by atoms with Gasteiger partial charge in [0.15, 0.2) is 5.67 Å². The number of halogens is 2. The van der Waals surface area contributed by atoms with E-state index in [4.69, 9.17) is 0 Å². The summed E-state index contributed by atoms with van der Waals surface area (Å²) >= 11 is 0. The summed E-state index contributed by atoms with van der Waals surface area (Å²) in [4.78, 5) is 0. The lowest BCUT2D eigenvalue weighted by atomic mass is 9.77. The Bertz CT molecular complexity index is 677. The Kier molecular flexibility index (Phi) is 5.88. The van der Waals surface area contributed by atoms with Gasteiger partial charge >= 0.3 is 0 Å². The van der Waals surface area contributed by atoms with Crippen LogP contribution in [0.25, 0.3) is 11.1 Å². The van der Waals surface area contributed by atoms with Crippen molar-refractivity contribution in [3.05, 3.63) is 59.7 Å². The Morgan fingerprint density at radius 2 is 1.76 bits per heavy atom. The summed E-state index contributed by atoms with van der Waals surface area (Å²) in [5.41, 5.74) is 1.78. The Morgan fingerprint density at radius 1 is 1.00 bits per heavy atom. The van der Waals surface area contributed by atoms with E-state index in [1.54, 1.807) is 6.07 Å². The molecule has 0 spiro atoms. The van der Waals surface area contributed by atoms with Gasteiger partial charge < -0.3 is 0 Å². The van der Waals surface area contributed by atoms with E-state index in [0.29, 0.717) is 12.0 Å². The van der Waals surface area contributed by atoms with Crippen LogP contribution in [0, 0.1) is 0 Å². The maximum Gasteiger partial charge on any atom is 0.167 e. The second-order valence-electron chi connectivity index (χ2n) is 7.28. The van der Waals surface area contributed by atoms with Gasteiger partial charge in [-0.3, -0.25) is 0 Å². The molecule has 0 saturated heterocycles. The van der Waals surface area contributed by atoms with Gasteiger partial charge in [0.2, 0.25) is 0 Å². The quantitative estimate of drug-likeness (QED) is 0.488. The standard InChI is InChI=1S/C23H28F2/c1-2-3-4-9-18-13-15-19(16-14-18)20-10-5-6-11-21(20)23(25)17-8-7-12-22(23)24/h5-6,10-11,13-16,22H,2-4,7-9,12,17H2,1H3. The Balaban J connectivity index is 1.88. The van der Waals surface area contributed by atoms with Crippen molar-refractivity contribution in [2.75, 3.05) is 0 Å². The van der Waals surface area contributed by atoms with E-state index in [2.05, 4.69) is 31.2 Å². The summed E-state index contributed by atoms with van der Waals surface area (Å²) in [5.74, 6) is 0. The molecule has 2 aromatic rings. The van der Waals surface area contributed by atoms with E-state index in [9.17, 15) is 4.39 Å². The molecule has 0 aromatic heterocycles.